The molecule has 33 heavy (non-hydrogen) atoms. The van der Waals surface area contributed by atoms with Gasteiger partial charge in [0.15, 0.2) is 0 Å². The highest BCUT2D eigenvalue weighted by Gasteiger charge is 2.57. The number of hydrogen-bond acceptors (Lipinski definition) is 4. The lowest BCUT2D eigenvalue weighted by Crippen LogP contribution is -2.49. The predicted octanol–water partition coefficient (Wildman–Crippen LogP) is 4.53. The number of amides is 1. The first-order valence-corrected chi connectivity index (χ1v) is 10.00. The second kappa shape index (κ2) is 7.47. The number of rotatable bonds is 4. The summed E-state index contributed by atoms with van der Waals surface area (Å²) >= 11 is 0. The van der Waals surface area contributed by atoms with Crippen LogP contribution in [0, 0.1) is 0 Å². The molecule has 1 N–H and O–H groups in total. The Balaban J connectivity index is 1.77. The molecular weight excluding hydrogens is 435 g/mol. The van der Waals surface area contributed by atoms with Crippen LogP contribution in [0.4, 0.5) is 13.2 Å². The number of nitrogens with one attached hydrogen (secondary N) is 1. The molecule has 0 bridgehead atoms. The van der Waals surface area contributed by atoms with E-state index in [2.05, 4.69) is 9.97 Å². The molecule has 1 aromatic heterocycles. The van der Waals surface area contributed by atoms with Crippen molar-refractivity contribution in [1.82, 2.24) is 14.9 Å². The Hall–Kier alpha value is -4.14. The van der Waals surface area contributed by atoms with Gasteiger partial charge in [0, 0.05) is 16.7 Å². The second-order valence-corrected chi connectivity index (χ2v) is 7.59. The fourth-order valence-electron chi connectivity index (χ4n) is 4.16. The normalized spacial score (nSPS) is 17.9. The Morgan fingerprint density at radius 3 is 2.52 bits per heavy atom. The number of imidazole rings is 1. The third-order valence-electron chi connectivity index (χ3n) is 5.62. The van der Waals surface area contributed by atoms with Gasteiger partial charge < -0.3 is 9.72 Å². The number of esters is 1. The number of aromatic amines is 1. The summed E-state index contributed by atoms with van der Waals surface area (Å²) in [6.07, 6.45) is -3.82. The Morgan fingerprint density at radius 1 is 1.03 bits per heavy atom. The molecule has 1 amide bonds. The van der Waals surface area contributed by atoms with E-state index in [-0.39, 0.29) is 23.2 Å². The summed E-state index contributed by atoms with van der Waals surface area (Å²) in [5, 5.41) is 0. The number of carbonyl (C=O) groups excluding carboxylic acids is 2. The van der Waals surface area contributed by atoms with Crippen LogP contribution in [0.1, 0.15) is 27.0 Å². The Bertz CT molecular complexity index is 1370. The van der Waals surface area contributed by atoms with Crippen LogP contribution in [0.25, 0.3) is 11.0 Å². The van der Waals surface area contributed by atoms with Crippen LogP contribution in [-0.2, 0) is 21.8 Å². The first-order valence-electron chi connectivity index (χ1n) is 10.00. The molecule has 1 atom stereocenters. The predicted molar refractivity (Wildman–Crippen MR) is 112 cm³/mol. The Labute approximate surface area is 185 Å². The van der Waals surface area contributed by atoms with E-state index >= 15 is 0 Å². The average molecular weight is 451 g/mol. The van der Waals surface area contributed by atoms with E-state index in [0.29, 0.717) is 16.6 Å². The van der Waals surface area contributed by atoms with E-state index < -0.39 is 23.8 Å². The number of aromatic nitrogens is 2. The van der Waals surface area contributed by atoms with Crippen molar-refractivity contribution in [3.05, 3.63) is 101 Å². The van der Waals surface area contributed by atoms with Crippen LogP contribution in [0.2, 0.25) is 0 Å². The van der Waals surface area contributed by atoms with Crippen molar-refractivity contribution in [2.75, 3.05) is 0 Å². The summed E-state index contributed by atoms with van der Waals surface area (Å²) in [6.45, 7) is -0.0852. The largest absolute Gasteiger partial charge is 0.491 e. The minimum Gasteiger partial charge on any atom is -0.423 e. The van der Waals surface area contributed by atoms with Gasteiger partial charge in [-0.3, -0.25) is 9.69 Å². The van der Waals surface area contributed by atoms with Gasteiger partial charge in [-0.15, -0.1) is 0 Å². The monoisotopic (exact) mass is 451 g/mol. The SMILES string of the molecule is O=C1c2ccccc2C(OC(=O)C(F)(F)F)(c2ccc3[nH]cnc3c2)N1Cc1ccccc1. The van der Waals surface area contributed by atoms with Gasteiger partial charge in [-0.05, 0) is 23.8 Å². The van der Waals surface area contributed by atoms with E-state index in [9.17, 15) is 22.8 Å². The van der Waals surface area contributed by atoms with Gasteiger partial charge >= 0.3 is 12.1 Å². The van der Waals surface area contributed by atoms with Crippen molar-refractivity contribution < 1.29 is 27.5 Å². The van der Waals surface area contributed by atoms with Crippen LogP contribution in [0.5, 0.6) is 0 Å². The minimum atomic E-state index is -5.26. The van der Waals surface area contributed by atoms with Crippen molar-refractivity contribution in [3.8, 4) is 0 Å². The van der Waals surface area contributed by atoms with Gasteiger partial charge in [-0.25, -0.2) is 9.78 Å². The minimum absolute atomic E-state index is 0.0852. The van der Waals surface area contributed by atoms with Gasteiger partial charge in [0.25, 0.3) is 5.91 Å². The van der Waals surface area contributed by atoms with Gasteiger partial charge in [0.2, 0.25) is 5.72 Å². The van der Waals surface area contributed by atoms with E-state index in [1.807, 2.05) is 0 Å². The molecule has 0 saturated carbocycles. The van der Waals surface area contributed by atoms with E-state index in [1.165, 1.54) is 30.6 Å². The number of fused-ring (bicyclic) bond motifs is 2. The second-order valence-electron chi connectivity index (χ2n) is 7.59. The fraction of sp³-hybridized carbons (Fsp3) is 0.125. The first kappa shape index (κ1) is 20.7. The zero-order chi connectivity index (χ0) is 23.2. The molecule has 0 radical (unpaired) electrons. The topological polar surface area (TPSA) is 75.3 Å². The van der Waals surface area contributed by atoms with E-state index in [0.717, 1.165) is 4.90 Å². The van der Waals surface area contributed by atoms with Gasteiger partial charge in [0.05, 0.1) is 23.9 Å². The molecular formula is C24H16F3N3O3. The van der Waals surface area contributed by atoms with Crippen LogP contribution in [0.15, 0.2) is 79.1 Å². The van der Waals surface area contributed by atoms with Crippen LogP contribution < -0.4 is 0 Å². The van der Waals surface area contributed by atoms with Crippen LogP contribution in [-0.4, -0.2) is 32.9 Å². The summed E-state index contributed by atoms with van der Waals surface area (Å²) < 4.78 is 45.5. The van der Waals surface area contributed by atoms with E-state index in [4.69, 9.17) is 4.74 Å². The molecule has 1 aliphatic heterocycles. The fourth-order valence-corrected chi connectivity index (χ4v) is 4.16. The number of alkyl halides is 3. The molecule has 4 aromatic rings. The van der Waals surface area contributed by atoms with Gasteiger partial charge in [-0.1, -0.05) is 54.6 Å². The van der Waals surface area contributed by atoms with Gasteiger partial charge in [-0.2, -0.15) is 13.2 Å². The molecule has 0 aliphatic carbocycles. The number of nitrogens with zero attached hydrogens (tertiary/aromatic N) is 2. The molecule has 0 fully saturated rings. The van der Waals surface area contributed by atoms with E-state index in [1.54, 1.807) is 48.5 Å². The highest BCUT2D eigenvalue weighted by molar-refractivity contribution is 6.01. The molecule has 2 heterocycles. The molecule has 0 saturated heterocycles. The third-order valence-corrected chi connectivity index (χ3v) is 5.62. The van der Waals surface area contributed by atoms with Crippen LogP contribution in [0.3, 0.4) is 0 Å². The highest BCUT2D eigenvalue weighted by atomic mass is 19.4. The summed E-state index contributed by atoms with van der Waals surface area (Å²) in [5.74, 6) is -2.95. The van der Waals surface area contributed by atoms with Crippen molar-refractivity contribution in [1.29, 1.82) is 0 Å². The zero-order valence-electron chi connectivity index (χ0n) is 17.0. The molecule has 166 valence electrons. The lowest BCUT2D eigenvalue weighted by Gasteiger charge is -2.39. The number of hydrogen-bond donors (Lipinski definition) is 1. The van der Waals surface area contributed by atoms with Crippen molar-refractivity contribution in [3.63, 3.8) is 0 Å². The lowest BCUT2D eigenvalue weighted by atomic mass is 9.92. The maximum Gasteiger partial charge on any atom is 0.491 e. The highest BCUT2D eigenvalue weighted by Crippen LogP contribution is 2.47. The number of halogens is 3. The Kier molecular flexibility index (Phi) is 4.70. The maximum absolute atomic E-state index is 13.5. The number of benzene rings is 3. The average Bonchev–Trinajstić information content (AvgIpc) is 3.36. The summed E-state index contributed by atoms with van der Waals surface area (Å²) in [4.78, 5) is 33.9. The number of ether oxygens (including phenoxy) is 1. The first-order chi connectivity index (χ1) is 15.8. The third kappa shape index (κ3) is 3.32. The van der Waals surface area contributed by atoms with Crippen molar-refractivity contribution in [2.45, 2.75) is 18.4 Å². The smallest absolute Gasteiger partial charge is 0.423 e. The van der Waals surface area contributed by atoms with Crippen LogP contribution >= 0.6 is 0 Å². The lowest BCUT2D eigenvalue weighted by molar-refractivity contribution is -0.222. The Morgan fingerprint density at radius 2 is 1.76 bits per heavy atom. The molecule has 1 aliphatic rings. The summed E-state index contributed by atoms with van der Waals surface area (Å²) in [5.41, 5.74) is 0.1000. The molecule has 9 heteroatoms. The molecule has 6 nitrogen and oxygen atoms in total. The molecule has 0 spiro atoms. The standard InChI is InChI=1S/C24H16F3N3O3/c25-24(26,27)22(32)33-23(16-10-11-19-20(12-16)29-14-28-19)18-9-5-4-8-17(18)21(31)30(23)13-15-6-2-1-3-7-15/h1-12,14H,13H2,(H,28,29). The van der Waals surface area contributed by atoms with Crippen molar-refractivity contribution in [2.24, 2.45) is 0 Å². The van der Waals surface area contributed by atoms with Crippen molar-refractivity contribution >= 4 is 22.9 Å². The molecule has 1 unspecified atom stereocenters. The number of H-pyrrole nitrogens is 1. The summed E-state index contributed by atoms with van der Waals surface area (Å²) in [6, 6.07) is 19.6. The summed E-state index contributed by atoms with van der Waals surface area (Å²) in [7, 11) is 0. The maximum atomic E-state index is 13.5. The molecule has 5 rings (SSSR count). The zero-order valence-corrected chi connectivity index (χ0v) is 17.0. The quantitative estimate of drug-likeness (QED) is 0.463. The number of carbonyl (C=O) groups is 2. The molecule has 3 aromatic carbocycles. The van der Waals surface area contributed by atoms with Gasteiger partial charge in [0.1, 0.15) is 0 Å².